The Balaban J connectivity index is 2.00. The van der Waals surface area contributed by atoms with Gasteiger partial charge in [0.05, 0.1) is 17.4 Å². The van der Waals surface area contributed by atoms with Crippen LogP contribution in [-0.2, 0) is 22.3 Å². The van der Waals surface area contributed by atoms with E-state index in [-0.39, 0.29) is 12.3 Å². The van der Waals surface area contributed by atoms with Crippen molar-refractivity contribution in [3.8, 4) is 6.07 Å². The average molecular weight is 371 g/mol. The topological polar surface area (TPSA) is 70.0 Å². The molecule has 0 aliphatic rings. The number of thiophene rings is 1. The molecule has 2 aromatic rings. The summed E-state index contributed by atoms with van der Waals surface area (Å²) in [7, 11) is -3.39. The highest BCUT2D eigenvalue weighted by atomic mass is 79.9. The minimum atomic E-state index is -3.39. The predicted octanol–water partition coefficient (Wildman–Crippen LogP) is 3.00. The fraction of sp³-hybridized carbons (Fsp3) is 0.154. The summed E-state index contributed by atoms with van der Waals surface area (Å²) < 4.78 is 27.4. The third-order valence-electron chi connectivity index (χ3n) is 2.58. The van der Waals surface area contributed by atoms with Crippen LogP contribution in [0.25, 0.3) is 0 Å². The summed E-state index contributed by atoms with van der Waals surface area (Å²) in [5.74, 6) is -0.0955. The summed E-state index contributed by atoms with van der Waals surface area (Å²) >= 11 is 4.85. The molecule has 0 saturated heterocycles. The van der Waals surface area contributed by atoms with Gasteiger partial charge in [0.15, 0.2) is 0 Å². The number of rotatable bonds is 5. The number of benzene rings is 1. The lowest BCUT2D eigenvalue weighted by atomic mass is 10.2. The minimum Gasteiger partial charge on any atom is -0.212 e. The lowest BCUT2D eigenvalue weighted by molar-refractivity contribution is 0.581. The van der Waals surface area contributed by atoms with Gasteiger partial charge < -0.3 is 0 Å². The van der Waals surface area contributed by atoms with Crippen molar-refractivity contribution >= 4 is 37.3 Å². The predicted molar refractivity (Wildman–Crippen MR) is 82.6 cm³/mol. The van der Waals surface area contributed by atoms with Crippen molar-refractivity contribution in [1.82, 2.24) is 4.72 Å². The molecule has 0 saturated carbocycles. The van der Waals surface area contributed by atoms with E-state index in [1.165, 1.54) is 11.3 Å². The molecule has 0 aliphatic carbocycles. The van der Waals surface area contributed by atoms with Gasteiger partial charge >= 0.3 is 0 Å². The van der Waals surface area contributed by atoms with Crippen LogP contribution >= 0.6 is 27.3 Å². The number of sulfonamides is 1. The Kier molecular flexibility index (Phi) is 4.94. The zero-order chi connectivity index (χ0) is 14.6. The second-order valence-corrected chi connectivity index (χ2v) is 7.74. The lowest BCUT2D eigenvalue weighted by Gasteiger charge is -2.06. The average Bonchev–Trinajstić information content (AvgIpc) is 2.83. The van der Waals surface area contributed by atoms with E-state index in [1.807, 2.05) is 17.5 Å². The van der Waals surface area contributed by atoms with Crippen LogP contribution in [0.4, 0.5) is 0 Å². The van der Waals surface area contributed by atoms with Crippen molar-refractivity contribution in [2.24, 2.45) is 0 Å². The summed E-state index contributed by atoms with van der Waals surface area (Å²) in [6, 6.07) is 10.4. The van der Waals surface area contributed by atoms with E-state index >= 15 is 0 Å². The molecule has 0 aliphatic heterocycles. The molecular formula is C13H11BrN2O2S2. The Labute approximate surface area is 130 Å². The van der Waals surface area contributed by atoms with Crippen molar-refractivity contribution in [3.63, 3.8) is 0 Å². The van der Waals surface area contributed by atoms with Crippen LogP contribution in [0.3, 0.4) is 0 Å². The lowest BCUT2D eigenvalue weighted by Crippen LogP contribution is -2.24. The normalized spacial score (nSPS) is 11.2. The standard InChI is InChI=1S/C13H11BrN2O2S2/c14-12-5-6-19-13(12)8-16-20(17,18)9-11-3-1-10(7-15)2-4-11/h1-6,16H,8-9H2. The zero-order valence-electron chi connectivity index (χ0n) is 10.3. The van der Waals surface area contributed by atoms with Crippen molar-refractivity contribution in [2.75, 3.05) is 0 Å². The number of nitriles is 1. The highest BCUT2D eigenvalue weighted by molar-refractivity contribution is 9.10. The second kappa shape index (κ2) is 6.50. The molecule has 1 heterocycles. The van der Waals surface area contributed by atoms with Crippen LogP contribution in [0.5, 0.6) is 0 Å². The van der Waals surface area contributed by atoms with E-state index in [0.29, 0.717) is 11.1 Å². The fourth-order valence-electron chi connectivity index (χ4n) is 1.57. The van der Waals surface area contributed by atoms with Gasteiger partial charge in [0.2, 0.25) is 10.0 Å². The minimum absolute atomic E-state index is 0.0955. The molecule has 0 spiro atoms. The van der Waals surface area contributed by atoms with E-state index < -0.39 is 10.0 Å². The first kappa shape index (κ1) is 15.2. The zero-order valence-corrected chi connectivity index (χ0v) is 13.6. The first-order valence-electron chi connectivity index (χ1n) is 5.68. The first-order chi connectivity index (χ1) is 9.50. The summed E-state index contributed by atoms with van der Waals surface area (Å²) in [5, 5.41) is 10.6. The van der Waals surface area contributed by atoms with Gasteiger partial charge in [-0.1, -0.05) is 12.1 Å². The van der Waals surface area contributed by atoms with Crippen molar-refractivity contribution < 1.29 is 8.42 Å². The Morgan fingerprint density at radius 1 is 1.25 bits per heavy atom. The number of nitrogens with zero attached hydrogens (tertiary/aromatic N) is 1. The van der Waals surface area contributed by atoms with Gasteiger partial charge in [-0.25, -0.2) is 13.1 Å². The molecule has 2 rings (SSSR count). The fourth-order valence-corrected chi connectivity index (χ4v) is 4.19. The Morgan fingerprint density at radius 2 is 1.95 bits per heavy atom. The Hall–Kier alpha value is -1.20. The van der Waals surface area contributed by atoms with Gasteiger partial charge in [-0.3, -0.25) is 0 Å². The maximum Gasteiger partial charge on any atom is 0.216 e. The van der Waals surface area contributed by atoms with Crippen LogP contribution in [0, 0.1) is 11.3 Å². The molecule has 0 amide bonds. The third-order valence-corrected chi connectivity index (χ3v) is 5.81. The van der Waals surface area contributed by atoms with Gasteiger partial charge in [0, 0.05) is 15.9 Å². The molecular weight excluding hydrogens is 360 g/mol. The second-order valence-electron chi connectivity index (χ2n) is 4.08. The SMILES string of the molecule is N#Cc1ccc(CS(=O)(=O)NCc2sccc2Br)cc1. The monoisotopic (exact) mass is 370 g/mol. The molecule has 104 valence electrons. The van der Waals surface area contributed by atoms with Gasteiger partial charge in [-0.05, 0) is 45.1 Å². The highest BCUT2D eigenvalue weighted by Crippen LogP contribution is 2.22. The van der Waals surface area contributed by atoms with Crippen molar-refractivity contribution in [2.45, 2.75) is 12.3 Å². The highest BCUT2D eigenvalue weighted by Gasteiger charge is 2.12. The molecule has 0 radical (unpaired) electrons. The third kappa shape index (κ3) is 4.15. The van der Waals surface area contributed by atoms with Gasteiger partial charge in [-0.2, -0.15) is 5.26 Å². The van der Waals surface area contributed by atoms with Crippen molar-refractivity contribution in [3.05, 3.63) is 56.2 Å². The van der Waals surface area contributed by atoms with E-state index in [9.17, 15) is 8.42 Å². The number of nitrogens with one attached hydrogen (secondary N) is 1. The largest absolute Gasteiger partial charge is 0.216 e. The Morgan fingerprint density at radius 3 is 2.50 bits per heavy atom. The van der Waals surface area contributed by atoms with E-state index in [0.717, 1.165) is 9.35 Å². The number of hydrogen-bond acceptors (Lipinski definition) is 4. The summed E-state index contributed by atoms with van der Waals surface area (Å²) in [4.78, 5) is 0.938. The molecule has 20 heavy (non-hydrogen) atoms. The maximum atomic E-state index is 12.0. The molecule has 0 fully saturated rings. The summed E-state index contributed by atoms with van der Waals surface area (Å²) in [6.45, 7) is 0.275. The van der Waals surface area contributed by atoms with Gasteiger partial charge in [-0.15, -0.1) is 11.3 Å². The number of hydrogen-bond donors (Lipinski definition) is 1. The Bertz CT molecular complexity index is 730. The molecule has 1 aromatic carbocycles. The summed E-state index contributed by atoms with van der Waals surface area (Å²) in [6.07, 6.45) is 0. The number of halogens is 1. The van der Waals surface area contributed by atoms with E-state index in [2.05, 4.69) is 20.7 Å². The molecule has 0 bridgehead atoms. The van der Waals surface area contributed by atoms with E-state index in [1.54, 1.807) is 24.3 Å². The van der Waals surface area contributed by atoms with Crippen LogP contribution < -0.4 is 4.72 Å². The van der Waals surface area contributed by atoms with Gasteiger partial charge in [0.25, 0.3) is 0 Å². The van der Waals surface area contributed by atoms with Crippen LogP contribution in [-0.4, -0.2) is 8.42 Å². The smallest absolute Gasteiger partial charge is 0.212 e. The van der Waals surface area contributed by atoms with E-state index in [4.69, 9.17) is 5.26 Å². The van der Waals surface area contributed by atoms with Crippen molar-refractivity contribution in [1.29, 1.82) is 5.26 Å². The van der Waals surface area contributed by atoms with Gasteiger partial charge in [0.1, 0.15) is 0 Å². The first-order valence-corrected chi connectivity index (χ1v) is 9.01. The molecule has 0 atom stereocenters. The molecule has 1 aromatic heterocycles. The van der Waals surface area contributed by atoms with Crippen LogP contribution in [0.2, 0.25) is 0 Å². The summed E-state index contributed by atoms with van der Waals surface area (Å²) in [5.41, 5.74) is 1.17. The quantitative estimate of drug-likeness (QED) is 0.879. The molecule has 4 nitrogen and oxygen atoms in total. The van der Waals surface area contributed by atoms with Crippen LogP contribution in [0.1, 0.15) is 16.0 Å². The molecule has 7 heteroatoms. The maximum absolute atomic E-state index is 12.0. The molecule has 0 unspecified atom stereocenters. The molecule has 1 N–H and O–H groups in total. The van der Waals surface area contributed by atoms with Crippen LogP contribution in [0.15, 0.2) is 40.2 Å².